The molecular formula is C28H29ClF6N6O2. The number of hydrogen-bond acceptors (Lipinski definition) is 6. The fourth-order valence-electron chi connectivity index (χ4n) is 5.68. The number of pyridine rings is 1. The highest BCUT2D eigenvalue weighted by Crippen LogP contribution is 2.39. The van der Waals surface area contributed by atoms with E-state index in [0.29, 0.717) is 62.1 Å². The first-order valence-corrected chi connectivity index (χ1v) is 14.1. The summed E-state index contributed by atoms with van der Waals surface area (Å²) >= 11 is 6.34. The van der Waals surface area contributed by atoms with Gasteiger partial charge in [-0.25, -0.2) is 22.9 Å². The molecule has 3 aromatic rings. The van der Waals surface area contributed by atoms with Crippen LogP contribution in [0.15, 0.2) is 42.7 Å². The van der Waals surface area contributed by atoms with Crippen molar-refractivity contribution in [3.05, 3.63) is 59.0 Å². The van der Waals surface area contributed by atoms with E-state index >= 15 is 0 Å². The first-order chi connectivity index (χ1) is 20.4. The number of nitrogens with zero attached hydrogens (tertiary/aromatic N) is 6. The summed E-state index contributed by atoms with van der Waals surface area (Å²) in [5.74, 6) is -1.02. The molecule has 0 radical (unpaired) electrons. The van der Waals surface area contributed by atoms with Gasteiger partial charge in [0.1, 0.15) is 11.4 Å². The van der Waals surface area contributed by atoms with E-state index in [4.69, 9.17) is 11.6 Å². The van der Waals surface area contributed by atoms with Gasteiger partial charge in [-0.05, 0) is 37.1 Å². The standard InChI is InChI=1S/C28H29ClF6N6O2/c29-18-4-5-20(17-3-6-24(36-13-17)39-10-8-38(9-11-39)16-22(30)26(31)32)23(12-18)40-7-1-2-19(15-40)41-25(28(33,34)35)21(14-37-41)27(42)43/h3-6,12-14,19,22,26H,1-2,7-11,15-16H2,(H,42,43). The van der Waals surface area contributed by atoms with Gasteiger partial charge in [0.2, 0.25) is 0 Å². The number of carboxylic acids is 1. The third-order valence-electron chi connectivity index (χ3n) is 7.80. The lowest BCUT2D eigenvalue weighted by Crippen LogP contribution is -2.49. The van der Waals surface area contributed by atoms with Crippen LogP contribution in [0.1, 0.15) is 34.9 Å². The third-order valence-corrected chi connectivity index (χ3v) is 8.03. The van der Waals surface area contributed by atoms with Gasteiger partial charge in [-0.15, -0.1) is 0 Å². The average molecular weight is 631 g/mol. The van der Waals surface area contributed by atoms with Crippen LogP contribution < -0.4 is 9.80 Å². The Bertz CT molecular complexity index is 1430. The number of carbonyl (C=O) groups is 1. The predicted octanol–water partition coefficient (Wildman–Crippen LogP) is 5.88. The molecule has 0 aliphatic carbocycles. The van der Waals surface area contributed by atoms with Crippen LogP contribution in [0.5, 0.6) is 0 Å². The first-order valence-electron chi connectivity index (χ1n) is 13.7. The zero-order valence-corrected chi connectivity index (χ0v) is 23.6. The molecule has 232 valence electrons. The summed E-state index contributed by atoms with van der Waals surface area (Å²) in [6, 6.07) is 8.22. The zero-order chi connectivity index (χ0) is 30.9. The molecule has 4 heterocycles. The van der Waals surface area contributed by atoms with Crippen LogP contribution in [0.25, 0.3) is 11.1 Å². The molecule has 2 saturated heterocycles. The molecule has 0 spiro atoms. The van der Waals surface area contributed by atoms with Crippen LogP contribution in [-0.4, -0.2) is 89.2 Å². The van der Waals surface area contributed by atoms with Crippen molar-refractivity contribution >= 4 is 29.1 Å². The number of alkyl halides is 6. The summed E-state index contributed by atoms with van der Waals surface area (Å²) in [5.41, 5.74) is 0.0336. The van der Waals surface area contributed by atoms with E-state index in [2.05, 4.69) is 10.1 Å². The van der Waals surface area contributed by atoms with E-state index in [9.17, 15) is 36.2 Å². The molecule has 8 nitrogen and oxygen atoms in total. The van der Waals surface area contributed by atoms with Gasteiger partial charge >= 0.3 is 12.1 Å². The van der Waals surface area contributed by atoms with Crippen molar-refractivity contribution in [1.29, 1.82) is 0 Å². The summed E-state index contributed by atoms with van der Waals surface area (Å²) in [5, 5.41) is 13.6. The van der Waals surface area contributed by atoms with Gasteiger partial charge in [0.05, 0.1) is 12.2 Å². The molecule has 1 N–H and O–H groups in total. The highest BCUT2D eigenvalue weighted by Gasteiger charge is 2.42. The molecule has 1 aromatic carbocycles. The second-order valence-electron chi connectivity index (χ2n) is 10.6. The van der Waals surface area contributed by atoms with Gasteiger partial charge in [-0.2, -0.15) is 18.3 Å². The van der Waals surface area contributed by atoms with E-state index in [1.165, 1.54) is 0 Å². The number of rotatable bonds is 8. The SMILES string of the molecule is O=C(O)c1cnn(C2CCCN(c3cc(Cl)ccc3-c3ccc(N4CCN(CC(F)C(F)F)CC4)nc3)C2)c1C(F)(F)F. The summed E-state index contributed by atoms with van der Waals surface area (Å²) in [6.07, 6.45) is -6.74. The maximum absolute atomic E-state index is 13.9. The summed E-state index contributed by atoms with van der Waals surface area (Å²) in [4.78, 5) is 21.6. The predicted molar refractivity (Wildman–Crippen MR) is 149 cm³/mol. The Balaban J connectivity index is 1.34. The van der Waals surface area contributed by atoms with Crippen LogP contribution >= 0.6 is 11.6 Å². The molecule has 43 heavy (non-hydrogen) atoms. The number of aromatic nitrogens is 3. The van der Waals surface area contributed by atoms with Crippen LogP contribution in [0.3, 0.4) is 0 Å². The molecule has 0 bridgehead atoms. The molecule has 2 atom stereocenters. The molecule has 2 aromatic heterocycles. The number of hydrogen-bond donors (Lipinski definition) is 1. The highest BCUT2D eigenvalue weighted by molar-refractivity contribution is 6.31. The second-order valence-corrected chi connectivity index (χ2v) is 11.0. The van der Waals surface area contributed by atoms with E-state index in [0.717, 1.165) is 22.0 Å². The average Bonchev–Trinajstić information content (AvgIpc) is 3.45. The van der Waals surface area contributed by atoms with Crippen molar-refractivity contribution in [2.24, 2.45) is 0 Å². The maximum Gasteiger partial charge on any atom is 0.433 e. The van der Waals surface area contributed by atoms with Crippen LogP contribution in [0, 0.1) is 0 Å². The molecule has 15 heteroatoms. The summed E-state index contributed by atoms with van der Waals surface area (Å²) in [6.45, 7) is 2.23. The normalized spacial score (nSPS) is 19.2. The monoisotopic (exact) mass is 630 g/mol. The van der Waals surface area contributed by atoms with Crippen molar-refractivity contribution < 1.29 is 36.2 Å². The number of benzene rings is 1. The lowest BCUT2D eigenvalue weighted by molar-refractivity contribution is -0.145. The fraction of sp³-hybridized carbons (Fsp3) is 0.464. The van der Waals surface area contributed by atoms with Gasteiger partial charge in [0.25, 0.3) is 6.43 Å². The molecule has 0 amide bonds. The smallest absolute Gasteiger partial charge is 0.433 e. The first kappa shape index (κ1) is 30.9. The number of halogens is 7. The molecule has 2 aliphatic rings. The maximum atomic E-state index is 13.9. The minimum Gasteiger partial charge on any atom is -0.478 e. The Kier molecular flexibility index (Phi) is 9.07. The van der Waals surface area contributed by atoms with Crippen LogP contribution in [0.2, 0.25) is 5.02 Å². The fourth-order valence-corrected chi connectivity index (χ4v) is 5.85. The Morgan fingerprint density at radius 3 is 2.40 bits per heavy atom. The minimum absolute atomic E-state index is 0.151. The van der Waals surface area contributed by atoms with Gasteiger partial charge < -0.3 is 14.9 Å². The Hall–Kier alpha value is -3.52. The van der Waals surface area contributed by atoms with Gasteiger partial charge in [-0.1, -0.05) is 17.7 Å². The summed E-state index contributed by atoms with van der Waals surface area (Å²) in [7, 11) is 0. The number of piperazine rings is 1. The van der Waals surface area contributed by atoms with Crippen molar-refractivity contribution in [3.8, 4) is 11.1 Å². The van der Waals surface area contributed by atoms with E-state index in [1.54, 1.807) is 23.2 Å². The zero-order valence-electron chi connectivity index (χ0n) is 22.8. The lowest BCUT2D eigenvalue weighted by atomic mass is 10.00. The van der Waals surface area contributed by atoms with Crippen molar-refractivity contribution in [1.82, 2.24) is 19.7 Å². The quantitative estimate of drug-likeness (QED) is 0.312. The Morgan fingerprint density at radius 1 is 1.02 bits per heavy atom. The number of aromatic carboxylic acids is 1. The Morgan fingerprint density at radius 2 is 1.77 bits per heavy atom. The molecule has 2 aliphatic heterocycles. The number of carboxylic acid groups (broad SMARTS) is 1. The van der Waals surface area contributed by atoms with E-state index in [1.807, 2.05) is 28.0 Å². The van der Waals surface area contributed by atoms with Gasteiger partial charge in [-0.3, -0.25) is 9.58 Å². The van der Waals surface area contributed by atoms with Crippen LogP contribution in [0.4, 0.5) is 37.8 Å². The topological polar surface area (TPSA) is 77.7 Å². The molecular weight excluding hydrogens is 602 g/mol. The van der Waals surface area contributed by atoms with Crippen molar-refractivity contribution in [2.45, 2.75) is 37.7 Å². The Labute approximate surface area is 248 Å². The molecule has 0 saturated carbocycles. The number of piperidine rings is 1. The number of anilines is 2. The lowest BCUT2D eigenvalue weighted by Gasteiger charge is -2.36. The van der Waals surface area contributed by atoms with Gasteiger partial charge in [0.15, 0.2) is 11.9 Å². The third kappa shape index (κ3) is 6.85. The molecule has 5 rings (SSSR count). The van der Waals surface area contributed by atoms with Gasteiger partial charge in [0, 0.05) is 73.8 Å². The second kappa shape index (κ2) is 12.6. The van der Waals surface area contributed by atoms with E-state index < -0.39 is 42.0 Å². The van der Waals surface area contributed by atoms with Crippen molar-refractivity contribution in [2.75, 3.05) is 55.6 Å². The molecule has 2 fully saturated rings. The van der Waals surface area contributed by atoms with E-state index in [-0.39, 0.29) is 13.1 Å². The van der Waals surface area contributed by atoms with Crippen molar-refractivity contribution in [3.63, 3.8) is 0 Å². The molecule has 2 unspecified atom stereocenters. The largest absolute Gasteiger partial charge is 0.478 e. The minimum atomic E-state index is -4.89. The summed E-state index contributed by atoms with van der Waals surface area (Å²) < 4.78 is 80.9. The highest BCUT2D eigenvalue weighted by atomic mass is 35.5. The van der Waals surface area contributed by atoms with Crippen LogP contribution in [-0.2, 0) is 6.18 Å².